The molecule has 3 N–H and O–H groups in total. The highest BCUT2D eigenvalue weighted by Crippen LogP contribution is 2.15. The summed E-state index contributed by atoms with van der Waals surface area (Å²) >= 11 is 0. The van der Waals surface area contributed by atoms with Gasteiger partial charge in [-0.05, 0) is 13.8 Å². The van der Waals surface area contributed by atoms with E-state index >= 15 is 0 Å². The molecular weight excluding hydrogens is 272 g/mol. The number of hydrogen-bond donors (Lipinski definition) is 3. The molecule has 0 amide bonds. The van der Waals surface area contributed by atoms with Crippen molar-refractivity contribution in [1.82, 2.24) is 14.7 Å². The Labute approximate surface area is 111 Å². The van der Waals surface area contributed by atoms with Crippen LogP contribution < -0.4 is 20.3 Å². The van der Waals surface area contributed by atoms with Crippen LogP contribution in [-0.4, -0.2) is 43.8 Å². The van der Waals surface area contributed by atoms with Crippen LogP contribution in [0.4, 0.5) is 5.82 Å². The Morgan fingerprint density at radius 3 is 2.63 bits per heavy atom. The van der Waals surface area contributed by atoms with E-state index in [-0.39, 0.29) is 18.1 Å². The van der Waals surface area contributed by atoms with Gasteiger partial charge in [-0.25, -0.2) is 18.1 Å². The van der Waals surface area contributed by atoms with Crippen molar-refractivity contribution in [3.63, 3.8) is 0 Å². The average molecular weight is 290 g/mol. The van der Waals surface area contributed by atoms with Crippen LogP contribution in [0.25, 0.3) is 0 Å². The Morgan fingerprint density at radius 2 is 2.11 bits per heavy atom. The highest BCUT2D eigenvalue weighted by atomic mass is 32.2. The van der Waals surface area contributed by atoms with Gasteiger partial charge >= 0.3 is 0 Å². The first-order valence-electron chi connectivity index (χ1n) is 5.49. The summed E-state index contributed by atoms with van der Waals surface area (Å²) in [7, 11) is -1.96. The predicted octanol–water partition coefficient (Wildman–Crippen LogP) is -0.482. The molecular formula is C10H18N4O4S. The Morgan fingerprint density at radius 1 is 1.47 bits per heavy atom. The highest BCUT2D eigenvalue weighted by Gasteiger charge is 2.22. The van der Waals surface area contributed by atoms with Gasteiger partial charge < -0.3 is 15.0 Å². The lowest BCUT2D eigenvalue weighted by Crippen LogP contribution is -2.48. The molecule has 0 unspecified atom stereocenters. The van der Waals surface area contributed by atoms with Gasteiger partial charge in [-0.2, -0.15) is 0 Å². The number of aromatic nitrogens is 2. The Bertz CT molecular complexity index is 594. The second-order valence-electron chi connectivity index (χ2n) is 4.73. The summed E-state index contributed by atoms with van der Waals surface area (Å²) in [6.45, 7) is 3.66. The van der Waals surface area contributed by atoms with Crippen LogP contribution in [0.15, 0.2) is 11.1 Å². The SMILES string of the molecule is COc1c(NCC(C)(C)NS(C)(=O)=O)nc[nH]c1=O. The van der Waals surface area contributed by atoms with Gasteiger partial charge in [-0.1, -0.05) is 0 Å². The first-order chi connectivity index (χ1) is 8.64. The third-order valence-electron chi connectivity index (χ3n) is 2.17. The molecule has 0 atom stereocenters. The van der Waals surface area contributed by atoms with Crippen molar-refractivity contribution < 1.29 is 13.2 Å². The number of aromatic amines is 1. The van der Waals surface area contributed by atoms with Crippen molar-refractivity contribution in [1.29, 1.82) is 0 Å². The summed E-state index contributed by atoms with van der Waals surface area (Å²) in [5, 5.41) is 2.88. The fraction of sp³-hybridized carbons (Fsp3) is 0.600. The Hall–Kier alpha value is -1.61. The summed E-state index contributed by atoms with van der Waals surface area (Å²) in [6.07, 6.45) is 2.32. The van der Waals surface area contributed by atoms with E-state index in [2.05, 4.69) is 20.0 Å². The van der Waals surface area contributed by atoms with Crippen LogP contribution in [0.3, 0.4) is 0 Å². The zero-order valence-electron chi connectivity index (χ0n) is 11.3. The first kappa shape index (κ1) is 15.4. The topological polar surface area (TPSA) is 113 Å². The third-order valence-corrected chi connectivity index (χ3v) is 3.10. The normalized spacial score (nSPS) is 12.2. The van der Waals surface area contributed by atoms with E-state index in [1.54, 1.807) is 13.8 Å². The lowest BCUT2D eigenvalue weighted by molar-refractivity contribution is 0.406. The second kappa shape index (κ2) is 5.57. The molecule has 8 nitrogen and oxygen atoms in total. The van der Waals surface area contributed by atoms with Crippen LogP contribution in [0, 0.1) is 0 Å². The summed E-state index contributed by atoms with van der Waals surface area (Å²) < 4.78 is 29.8. The standard InChI is InChI=1S/C10H18N4O4S/c1-10(2,14-19(4,16)17)5-11-8-7(18-3)9(15)13-6-12-8/h6,14H,5H2,1-4H3,(H2,11,12,13,15). The smallest absolute Gasteiger partial charge is 0.295 e. The summed E-state index contributed by atoms with van der Waals surface area (Å²) in [5.41, 5.74) is -1.14. The number of H-pyrrole nitrogens is 1. The number of rotatable bonds is 6. The van der Waals surface area contributed by atoms with Gasteiger partial charge in [-0.15, -0.1) is 0 Å². The molecule has 0 saturated heterocycles. The van der Waals surface area contributed by atoms with Crippen molar-refractivity contribution in [3.05, 3.63) is 16.7 Å². The van der Waals surface area contributed by atoms with Crippen molar-refractivity contribution in [3.8, 4) is 5.75 Å². The molecule has 108 valence electrons. The van der Waals surface area contributed by atoms with E-state index in [4.69, 9.17) is 4.74 Å². The van der Waals surface area contributed by atoms with Gasteiger partial charge in [-0.3, -0.25) is 4.79 Å². The molecule has 0 fully saturated rings. The molecule has 0 aliphatic rings. The van der Waals surface area contributed by atoms with Crippen molar-refractivity contribution in [2.45, 2.75) is 19.4 Å². The quantitative estimate of drug-likeness (QED) is 0.652. The molecule has 0 aromatic carbocycles. The van der Waals surface area contributed by atoms with E-state index in [9.17, 15) is 13.2 Å². The maximum Gasteiger partial charge on any atom is 0.295 e. The molecule has 1 aromatic heterocycles. The third kappa shape index (κ3) is 4.87. The molecule has 0 radical (unpaired) electrons. The molecule has 0 aliphatic carbocycles. The van der Waals surface area contributed by atoms with E-state index in [0.29, 0.717) is 0 Å². The lowest BCUT2D eigenvalue weighted by atomic mass is 10.1. The minimum Gasteiger partial charge on any atom is -0.489 e. The maximum atomic E-state index is 11.5. The number of ether oxygens (including phenoxy) is 1. The van der Waals surface area contributed by atoms with Crippen molar-refractivity contribution in [2.75, 3.05) is 25.2 Å². The molecule has 1 rings (SSSR count). The van der Waals surface area contributed by atoms with Gasteiger partial charge in [0.25, 0.3) is 5.56 Å². The number of nitrogens with zero attached hydrogens (tertiary/aromatic N) is 1. The summed E-state index contributed by atoms with van der Waals surface area (Å²) in [6, 6.07) is 0. The van der Waals surface area contributed by atoms with E-state index < -0.39 is 21.1 Å². The van der Waals surface area contributed by atoms with Crippen LogP contribution in [-0.2, 0) is 10.0 Å². The van der Waals surface area contributed by atoms with E-state index in [1.807, 2.05) is 0 Å². The zero-order valence-corrected chi connectivity index (χ0v) is 12.1. The van der Waals surface area contributed by atoms with E-state index in [1.165, 1.54) is 13.4 Å². The molecule has 0 bridgehead atoms. The van der Waals surface area contributed by atoms with Crippen molar-refractivity contribution >= 4 is 15.8 Å². The number of anilines is 1. The van der Waals surface area contributed by atoms with Crippen LogP contribution in [0.2, 0.25) is 0 Å². The molecule has 19 heavy (non-hydrogen) atoms. The minimum absolute atomic E-state index is 0.0534. The fourth-order valence-corrected chi connectivity index (χ4v) is 2.62. The van der Waals surface area contributed by atoms with E-state index in [0.717, 1.165) is 6.26 Å². The largest absolute Gasteiger partial charge is 0.489 e. The van der Waals surface area contributed by atoms with Gasteiger partial charge in [0, 0.05) is 12.1 Å². The lowest BCUT2D eigenvalue weighted by Gasteiger charge is -2.25. The highest BCUT2D eigenvalue weighted by molar-refractivity contribution is 7.88. The van der Waals surface area contributed by atoms with Gasteiger partial charge in [0.05, 0.1) is 19.7 Å². The fourth-order valence-electron chi connectivity index (χ4n) is 1.55. The second-order valence-corrected chi connectivity index (χ2v) is 6.47. The number of sulfonamides is 1. The molecule has 1 heterocycles. The zero-order chi connectivity index (χ0) is 14.7. The van der Waals surface area contributed by atoms with Gasteiger partial charge in [0.2, 0.25) is 15.8 Å². The van der Waals surface area contributed by atoms with Crippen LogP contribution in [0.1, 0.15) is 13.8 Å². The maximum absolute atomic E-state index is 11.5. The predicted molar refractivity (Wildman–Crippen MR) is 72.0 cm³/mol. The van der Waals surface area contributed by atoms with Crippen molar-refractivity contribution in [2.24, 2.45) is 0 Å². The Balaban J connectivity index is 2.82. The monoisotopic (exact) mass is 290 g/mol. The number of methoxy groups -OCH3 is 1. The Kier molecular flexibility index (Phi) is 4.53. The van der Waals surface area contributed by atoms with Gasteiger partial charge in [0.15, 0.2) is 5.82 Å². The van der Waals surface area contributed by atoms with Gasteiger partial charge in [0.1, 0.15) is 0 Å². The summed E-state index contributed by atoms with van der Waals surface area (Å²) in [5.74, 6) is 0.312. The molecule has 9 heteroatoms. The van der Waals surface area contributed by atoms with Crippen LogP contribution >= 0.6 is 0 Å². The number of hydrogen-bond acceptors (Lipinski definition) is 6. The molecule has 0 saturated carbocycles. The number of nitrogens with one attached hydrogen (secondary N) is 3. The van der Waals surface area contributed by atoms with Crippen LogP contribution in [0.5, 0.6) is 5.75 Å². The summed E-state index contributed by atoms with van der Waals surface area (Å²) in [4.78, 5) is 17.8. The molecule has 1 aromatic rings. The first-order valence-corrected chi connectivity index (χ1v) is 7.38. The average Bonchev–Trinajstić information content (AvgIpc) is 2.23. The molecule has 0 aliphatic heterocycles. The molecule has 0 spiro atoms. The minimum atomic E-state index is -3.32.